The largest absolute Gasteiger partial charge is 0.399 e. The molecule has 6 N–H and O–H groups in total. The van der Waals surface area contributed by atoms with Crippen molar-refractivity contribution in [1.82, 2.24) is 25.2 Å². The third-order valence-electron chi connectivity index (χ3n) is 8.00. The number of unbranched alkanes of at least 4 members (excludes halogenated alkanes) is 4. The van der Waals surface area contributed by atoms with Crippen LogP contribution in [0.1, 0.15) is 67.3 Å². The lowest BCUT2D eigenvalue weighted by atomic mass is 10.0. The van der Waals surface area contributed by atoms with Crippen molar-refractivity contribution in [3.05, 3.63) is 59.8 Å². The van der Waals surface area contributed by atoms with E-state index in [9.17, 15) is 19.2 Å². The molecule has 2 aromatic carbocycles. The number of nitrogens with two attached hydrogens (primary N) is 2. The minimum absolute atomic E-state index is 0.0772. The summed E-state index contributed by atoms with van der Waals surface area (Å²) in [6, 6.07) is 11.8. The summed E-state index contributed by atoms with van der Waals surface area (Å²) < 4.78 is 7.47. The van der Waals surface area contributed by atoms with Gasteiger partial charge in [0.1, 0.15) is 11.7 Å². The van der Waals surface area contributed by atoms with Gasteiger partial charge in [-0.3, -0.25) is 29.2 Å². The highest BCUT2D eigenvalue weighted by atomic mass is 16.5. The fraction of sp³-hybridized carbons (Fsp3) is 0.438. The molecule has 3 heterocycles. The van der Waals surface area contributed by atoms with Crippen molar-refractivity contribution in [3.8, 4) is 11.3 Å². The number of nitrogens with zero attached hydrogens (tertiary/aromatic N) is 4. The number of carbonyl (C=O) groups is 4. The summed E-state index contributed by atoms with van der Waals surface area (Å²) in [5.41, 5.74) is 16.3. The molecule has 1 fully saturated rings. The third-order valence-corrected chi connectivity index (χ3v) is 8.00. The number of fused-ring (bicyclic) bond motifs is 1. The van der Waals surface area contributed by atoms with Crippen molar-refractivity contribution in [1.29, 1.82) is 0 Å². The standard InChI is InChI=1S/C32H40N8O5/c33-23-9-7-21(8-10-23)27-19-39(38-37-27)18-24(34)20-45-15-5-3-1-2-4-6-29(41)35-25-11-12-26-22(16-25)17-40(32(26)44)28-13-14-30(42)36-31(28)43/h7-12,16,19,24,28H,1-6,13-15,17-18,20,33-34H2,(H,35,41)(H,36,42,43). The van der Waals surface area contributed by atoms with Crippen LogP contribution in [0.25, 0.3) is 11.3 Å². The fourth-order valence-corrected chi connectivity index (χ4v) is 5.60. The molecule has 1 saturated heterocycles. The quantitative estimate of drug-likeness (QED) is 0.113. The van der Waals surface area contributed by atoms with E-state index in [2.05, 4.69) is 20.9 Å². The normalized spacial score (nSPS) is 16.9. The summed E-state index contributed by atoms with van der Waals surface area (Å²) in [5, 5.41) is 13.6. The molecular formula is C32H40N8O5. The van der Waals surface area contributed by atoms with Gasteiger partial charge in [-0.15, -0.1) is 5.10 Å². The Morgan fingerprint density at radius 3 is 2.64 bits per heavy atom. The van der Waals surface area contributed by atoms with Crippen molar-refractivity contribution in [2.24, 2.45) is 5.73 Å². The molecule has 2 atom stereocenters. The number of hydrogen-bond donors (Lipinski definition) is 4. The van der Waals surface area contributed by atoms with Gasteiger partial charge in [0.25, 0.3) is 5.91 Å². The van der Waals surface area contributed by atoms with E-state index >= 15 is 0 Å². The number of rotatable bonds is 15. The van der Waals surface area contributed by atoms with Crippen LogP contribution >= 0.6 is 0 Å². The maximum atomic E-state index is 12.8. The number of imide groups is 1. The van der Waals surface area contributed by atoms with Gasteiger partial charge >= 0.3 is 0 Å². The van der Waals surface area contributed by atoms with Crippen LogP contribution in [0.2, 0.25) is 0 Å². The molecule has 3 aromatic rings. The molecule has 0 saturated carbocycles. The van der Waals surface area contributed by atoms with Crippen molar-refractivity contribution in [2.75, 3.05) is 24.3 Å². The van der Waals surface area contributed by atoms with Crippen molar-refractivity contribution in [3.63, 3.8) is 0 Å². The Balaban J connectivity index is 0.915. The van der Waals surface area contributed by atoms with Crippen LogP contribution in [0, 0.1) is 0 Å². The first-order valence-electron chi connectivity index (χ1n) is 15.4. The predicted molar refractivity (Wildman–Crippen MR) is 167 cm³/mol. The summed E-state index contributed by atoms with van der Waals surface area (Å²) in [6.07, 6.45) is 7.45. The Bertz CT molecular complexity index is 1520. The molecular weight excluding hydrogens is 576 g/mol. The van der Waals surface area contributed by atoms with E-state index in [1.54, 1.807) is 22.9 Å². The minimum Gasteiger partial charge on any atom is -0.399 e. The highest BCUT2D eigenvalue weighted by Crippen LogP contribution is 2.29. The maximum absolute atomic E-state index is 12.8. The molecule has 4 amide bonds. The van der Waals surface area contributed by atoms with Crippen molar-refractivity contribution < 1.29 is 23.9 Å². The summed E-state index contributed by atoms with van der Waals surface area (Å²) >= 11 is 0. The van der Waals surface area contributed by atoms with Crippen LogP contribution in [0.3, 0.4) is 0 Å². The highest BCUT2D eigenvalue weighted by Gasteiger charge is 2.39. The highest BCUT2D eigenvalue weighted by molar-refractivity contribution is 6.05. The summed E-state index contributed by atoms with van der Waals surface area (Å²) in [4.78, 5) is 50.5. The van der Waals surface area contributed by atoms with Crippen molar-refractivity contribution >= 4 is 35.0 Å². The SMILES string of the molecule is Nc1ccc(-c2cn(CC(N)COCCCCCCCC(=O)Nc3ccc4c(c3)CN(C3CCC(=O)NC3=O)C4=O)nn2)cc1. The van der Waals surface area contributed by atoms with E-state index in [-0.39, 0.29) is 36.7 Å². The number of nitrogens with one attached hydrogen (secondary N) is 2. The van der Waals surface area contributed by atoms with Crippen LogP contribution in [0.4, 0.5) is 11.4 Å². The van der Waals surface area contributed by atoms with E-state index in [1.807, 2.05) is 30.5 Å². The van der Waals surface area contributed by atoms with E-state index < -0.39 is 11.9 Å². The van der Waals surface area contributed by atoms with Gasteiger partial charge in [-0.05, 0) is 55.2 Å². The Morgan fingerprint density at radius 1 is 1.07 bits per heavy atom. The lowest BCUT2D eigenvalue weighted by Gasteiger charge is -2.29. The molecule has 2 aliphatic heterocycles. The van der Waals surface area contributed by atoms with E-state index in [4.69, 9.17) is 16.2 Å². The van der Waals surface area contributed by atoms with Crippen LogP contribution in [-0.4, -0.2) is 68.8 Å². The molecule has 5 rings (SSSR count). The van der Waals surface area contributed by atoms with E-state index in [0.717, 1.165) is 48.9 Å². The molecule has 2 unspecified atom stereocenters. The molecule has 0 bridgehead atoms. The van der Waals surface area contributed by atoms with Gasteiger partial charge in [0, 0.05) is 54.5 Å². The number of carbonyl (C=O) groups excluding carboxylic acids is 4. The van der Waals surface area contributed by atoms with Gasteiger partial charge in [0.15, 0.2) is 0 Å². The molecule has 2 aliphatic rings. The number of nitrogen functional groups attached to an aromatic ring is 1. The number of anilines is 2. The first-order chi connectivity index (χ1) is 21.8. The number of hydrogen-bond acceptors (Lipinski definition) is 9. The third kappa shape index (κ3) is 8.52. The van der Waals surface area contributed by atoms with Crippen LogP contribution in [-0.2, 0) is 32.2 Å². The molecule has 0 spiro atoms. The van der Waals surface area contributed by atoms with Crippen LogP contribution in [0.15, 0.2) is 48.7 Å². The number of piperidine rings is 1. The zero-order valence-corrected chi connectivity index (χ0v) is 25.2. The number of ether oxygens (including phenoxy) is 1. The van der Waals surface area contributed by atoms with E-state index in [0.29, 0.717) is 49.5 Å². The summed E-state index contributed by atoms with van der Waals surface area (Å²) in [6.45, 7) is 1.84. The second kappa shape index (κ2) is 14.9. The lowest BCUT2D eigenvalue weighted by Crippen LogP contribution is -2.52. The zero-order valence-electron chi connectivity index (χ0n) is 25.2. The second-order valence-electron chi connectivity index (χ2n) is 11.6. The Hall–Kier alpha value is -4.62. The van der Waals surface area contributed by atoms with Crippen LogP contribution < -0.4 is 22.1 Å². The average Bonchev–Trinajstić information content (AvgIpc) is 3.60. The Kier molecular flexibility index (Phi) is 10.5. The van der Waals surface area contributed by atoms with Gasteiger partial charge in [-0.1, -0.05) is 36.6 Å². The second-order valence-corrected chi connectivity index (χ2v) is 11.6. The van der Waals surface area contributed by atoms with E-state index in [1.165, 1.54) is 4.90 Å². The smallest absolute Gasteiger partial charge is 0.255 e. The number of aromatic nitrogens is 3. The zero-order chi connectivity index (χ0) is 31.8. The number of amides is 4. The molecule has 45 heavy (non-hydrogen) atoms. The average molecular weight is 617 g/mol. The summed E-state index contributed by atoms with van der Waals surface area (Å²) in [7, 11) is 0. The van der Waals surface area contributed by atoms with Gasteiger partial charge in [0.05, 0.1) is 19.3 Å². The van der Waals surface area contributed by atoms with Gasteiger partial charge in [-0.25, -0.2) is 0 Å². The molecule has 1 aromatic heterocycles. The first-order valence-corrected chi connectivity index (χ1v) is 15.4. The predicted octanol–water partition coefficient (Wildman–Crippen LogP) is 2.61. The lowest BCUT2D eigenvalue weighted by molar-refractivity contribution is -0.137. The van der Waals surface area contributed by atoms with Gasteiger partial charge in [-0.2, -0.15) is 0 Å². The monoisotopic (exact) mass is 616 g/mol. The Labute approximate surface area is 261 Å². The van der Waals surface area contributed by atoms with Gasteiger partial charge < -0.3 is 26.4 Å². The maximum Gasteiger partial charge on any atom is 0.255 e. The number of benzene rings is 2. The van der Waals surface area contributed by atoms with Crippen molar-refractivity contribution in [2.45, 2.75) is 76.5 Å². The molecule has 238 valence electrons. The molecule has 0 radical (unpaired) electrons. The Morgan fingerprint density at radius 2 is 1.84 bits per heavy atom. The van der Waals surface area contributed by atoms with Gasteiger partial charge in [0.2, 0.25) is 17.7 Å². The minimum atomic E-state index is -0.661. The topological polar surface area (TPSA) is 188 Å². The molecule has 13 heteroatoms. The fourth-order valence-electron chi connectivity index (χ4n) is 5.60. The van der Waals surface area contributed by atoms with Crippen LogP contribution in [0.5, 0.6) is 0 Å². The first kappa shape index (κ1) is 31.8. The molecule has 0 aliphatic carbocycles. The summed E-state index contributed by atoms with van der Waals surface area (Å²) in [5.74, 6) is -1.07. The molecule has 13 nitrogen and oxygen atoms in total.